The minimum Gasteiger partial charge on any atom is -0.459 e. The van der Waals surface area contributed by atoms with Crippen LogP contribution in [0.3, 0.4) is 0 Å². The molecule has 0 aliphatic carbocycles. The van der Waals surface area contributed by atoms with Crippen LogP contribution in [-0.4, -0.2) is 64.5 Å². The molecule has 0 fully saturated rings. The van der Waals surface area contributed by atoms with Crippen molar-refractivity contribution in [3.8, 4) is 0 Å². The monoisotopic (exact) mass is 425 g/mol. The van der Waals surface area contributed by atoms with Gasteiger partial charge in [0, 0.05) is 6.54 Å². The second kappa shape index (κ2) is 13.6. The highest BCUT2D eigenvalue weighted by Gasteiger charge is 2.24. The normalized spacial score (nSPS) is 11.6. The molecule has 9 heteroatoms. The standard InChI is InChI=1S/C14H27N3O6.C7H8/c1-9(2)7-17(8-10(18)12(20)16-22)13(21)15-6-11(19)23-14(3,4)5;1-7-5-3-2-4-6-7/h9-10,18,22H,6-8H2,1-5H3,(H,15,21)(H,16,20);2-6H,1H3. The van der Waals surface area contributed by atoms with E-state index in [1.165, 1.54) is 15.9 Å². The summed E-state index contributed by atoms with van der Waals surface area (Å²) < 4.78 is 5.07. The van der Waals surface area contributed by atoms with E-state index < -0.39 is 29.6 Å². The lowest BCUT2D eigenvalue weighted by Gasteiger charge is -2.26. The van der Waals surface area contributed by atoms with Gasteiger partial charge in [0.2, 0.25) is 0 Å². The van der Waals surface area contributed by atoms with Gasteiger partial charge in [-0.05, 0) is 33.6 Å². The van der Waals surface area contributed by atoms with Gasteiger partial charge in [-0.15, -0.1) is 0 Å². The highest BCUT2D eigenvalue weighted by atomic mass is 16.6. The van der Waals surface area contributed by atoms with Crippen molar-refractivity contribution in [3.05, 3.63) is 35.9 Å². The summed E-state index contributed by atoms with van der Waals surface area (Å²) in [6.45, 7) is 10.5. The number of aliphatic hydroxyl groups is 1. The molecule has 1 aromatic carbocycles. The first-order chi connectivity index (χ1) is 13.9. The van der Waals surface area contributed by atoms with Crippen molar-refractivity contribution in [1.82, 2.24) is 15.7 Å². The van der Waals surface area contributed by atoms with Gasteiger partial charge in [-0.1, -0.05) is 49.7 Å². The number of hydrogen-bond acceptors (Lipinski definition) is 6. The molecule has 0 aromatic heterocycles. The minimum absolute atomic E-state index is 0.0756. The molecule has 1 rings (SSSR count). The summed E-state index contributed by atoms with van der Waals surface area (Å²) in [5.41, 5.74) is 1.98. The number of hydroxylamine groups is 1. The van der Waals surface area contributed by atoms with Gasteiger partial charge in [-0.25, -0.2) is 10.3 Å². The molecule has 0 heterocycles. The van der Waals surface area contributed by atoms with Gasteiger partial charge in [0.05, 0.1) is 6.54 Å². The Balaban J connectivity index is 0.000001000. The SMILES string of the molecule is CC(C)CN(CC(O)C(=O)NO)C(=O)NCC(=O)OC(C)(C)C.Cc1ccccc1. The summed E-state index contributed by atoms with van der Waals surface area (Å²) >= 11 is 0. The van der Waals surface area contributed by atoms with Gasteiger partial charge in [-0.2, -0.15) is 0 Å². The van der Waals surface area contributed by atoms with Crippen LogP contribution in [0.25, 0.3) is 0 Å². The predicted octanol–water partition coefficient (Wildman–Crippen LogP) is 1.86. The van der Waals surface area contributed by atoms with E-state index in [0.717, 1.165) is 0 Å². The van der Waals surface area contributed by atoms with E-state index in [2.05, 4.69) is 24.4 Å². The predicted molar refractivity (Wildman–Crippen MR) is 113 cm³/mol. The molecule has 0 spiro atoms. The van der Waals surface area contributed by atoms with Crippen LogP contribution in [0.15, 0.2) is 30.3 Å². The van der Waals surface area contributed by atoms with E-state index in [1.54, 1.807) is 20.8 Å². The van der Waals surface area contributed by atoms with Crippen LogP contribution in [0, 0.1) is 12.8 Å². The van der Waals surface area contributed by atoms with Crippen LogP contribution in [0.4, 0.5) is 4.79 Å². The average molecular weight is 426 g/mol. The number of carbonyl (C=O) groups is 3. The van der Waals surface area contributed by atoms with Crippen molar-refractivity contribution in [2.45, 2.75) is 53.2 Å². The maximum absolute atomic E-state index is 12.1. The molecular formula is C21H35N3O6. The molecule has 0 radical (unpaired) electrons. The summed E-state index contributed by atoms with van der Waals surface area (Å²) in [6.07, 6.45) is -1.58. The molecule has 1 atom stereocenters. The zero-order valence-corrected chi connectivity index (χ0v) is 18.6. The maximum atomic E-state index is 12.1. The zero-order chi connectivity index (χ0) is 23.3. The first-order valence-electron chi connectivity index (χ1n) is 9.74. The highest BCUT2D eigenvalue weighted by molar-refractivity contribution is 5.83. The van der Waals surface area contributed by atoms with Crippen LogP contribution in [0.5, 0.6) is 0 Å². The number of carbonyl (C=O) groups excluding carboxylic acids is 3. The lowest BCUT2D eigenvalue weighted by Crippen LogP contribution is -2.50. The lowest BCUT2D eigenvalue weighted by atomic mass is 10.2. The molecule has 30 heavy (non-hydrogen) atoms. The van der Waals surface area contributed by atoms with Crippen molar-refractivity contribution in [3.63, 3.8) is 0 Å². The Bertz CT molecular complexity index is 658. The number of ether oxygens (including phenoxy) is 1. The van der Waals surface area contributed by atoms with E-state index >= 15 is 0 Å². The van der Waals surface area contributed by atoms with Crippen molar-refractivity contribution >= 4 is 17.9 Å². The minimum atomic E-state index is -1.58. The number of nitrogens with zero attached hydrogens (tertiary/aromatic N) is 1. The number of aliphatic hydroxyl groups excluding tert-OH is 1. The Labute approximate surface area is 178 Å². The number of aryl methyl sites for hydroxylation is 1. The quantitative estimate of drug-likeness (QED) is 0.300. The van der Waals surface area contributed by atoms with Gasteiger partial charge in [0.25, 0.3) is 5.91 Å². The number of esters is 1. The number of rotatable bonds is 7. The topological polar surface area (TPSA) is 128 Å². The molecule has 0 bridgehead atoms. The number of benzene rings is 1. The van der Waals surface area contributed by atoms with Crippen molar-refractivity contribution in [1.29, 1.82) is 0 Å². The fraction of sp³-hybridized carbons (Fsp3) is 0.571. The Hall–Kier alpha value is -2.65. The number of nitrogens with one attached hydrogen (secondary N) is 2. The molecule has 3 amide bonds. The third-order valence-electron chi connectivity index (χ3n) is 3.42. The van der Waals surface area contributed by atoms with Gasteiger partial charge < -0.3 is 20.1 Å². The first-order valence-corrected chi connectivity index (χ1v) is 9.74. The second-order valence-corrected chi connectivity index (χ2v) is 8.19. The first kappa shape index (κ1) is 27.4. The smallest absolute Gasteiger partial charge is 0.325 e. The molecule has 170 valence electrons. The molecule has 1 aromatic rings. The largest absolute Gasteiger partial charge is 0.459 e. The van der Waals surface area contributed by atoms with Crippen molar-refractivity contribution < 1.29 is 29.4 Å². The maximum Gasteiger partial charge on any atom is 0.325 e. The van der Waals surface area contributed by atoms with Gasteiger partial charge in [-0.3, -0.25) is 14.8 Å². The number of urea groups is 1. The van der Waals surface area contributed by atoms with Crippen LogP contribution < -0.4 is 10.8 Å². The molecule has 0 saturated carbocycles. The molecule has 0 aliphatic heterocycles. The average Bonchev–Trinajstić information content (AvgIpc) is 2.64. The van der Waals surface area contributed by atoms with E-state index in [1.807, 2.05) is 32.0 Å². The van der Waals surface area contributed by atoms with Crippen LogP contribution in [-0.2, 0) is 14.3 Å². The summed E-state index contributed by atoms with van der Waals surface area (Å²) in [5, 5.41) is 20.5. The summed E-state index contributed by atoms with van der Waals surface area (Å²) in [5.74, 6) is -1.53. The Morgan fingerprint density at radius 3 is 2.07 bits per heavy atom. The fourth-order valence-electron chi connectivity index (χ4n) is 2.22. The van der Waals surface area contributed by atoms with Gasteiger partial charge >= 0.3 is 12.0 Å². The van der Waals surface area contributed by atoms with E-state index in [0.29, 0.717) is 0 Å². The molecule has 4 N–H and O–H groups in total. The second-order valence-electron chi connectivity index (χ2n) is 8.19. The van der Waals surface area contributed by atoms with E-state index in [4.69, 9.17) is 9.94 Å². The third-order valence-corrected chi connectivity index (χ3v) is 3.42. The summed E-state index contributed by atoms with van der Waals surface area (Å²) in [7, 11) is 0. The molecule has 0 aliphatic rings. The van der Waals surface area contributed by atoms with Crippen LogP contribution in [0.1, 0.15) is 40.2 Å². The van der Waals surface area contributed by atoms with Gasteiger partial charge in [0.1, 0.15) is 12.1 Å². The van der Waals surface area contributed by atoms with E-state index in [-0.39, 0.29) is 25.6 Å². The summed E-state index contributed by atoms with van der Waals surface area (Å²) in [4.78, 5) is 36.0. The Morgan fingerprint density at radius 2 is 1.67 bits per heavy atom. The molecule has 1 unspecified atom stereocenters. The Morgan fingerprint density at radius 1 is 1.10 bits per heavy atom. The third kappa shape index (κ3) is 13.5. The fourth-order valence-corrected chi connectivity index (χ4v) is 2.22. The van der Waals surface area contributed by atoms with Crippen LogP contribution >= 0.6 is 0 Å². The molecule has 0 saturated heterocycles. The highest BCUT2D eigenvalue weighted by Crippen LogP contribution is 2.06. The summed E-state index contributed by atoms with van der Waals surface area (Å²) in [6, 6.07) is 9.65. The molecule has 9 nitrogen and oxygen atoms in total. The van der Waals surface area contributed by atoms with E-state index in [9.17, 15) is 19.5 Å². The molecular weight excluding hydrogens is 390 g/mol. The van der Waals surface area contributed by atoms with Gasteiger partial charge in [0.15, 0.2) is 6.10 Å². The zero-order valence-electron chi connectivity index (χ0n) is 18.6. The van der Waals surface area contributed by atoms with Crippen LogP contribution in [0.2, 0.25) is 0 Å². The number of amides is 3. The van der Waals surface area contributed by atoms with Crippen molar-refractivity contribution in [2.24, 2.45) is 5.92 Å². The number of hydrogen-bond donors (Lipinski definition) is 4. The lowest BCUT2D eigenvalue weighted by molar-refractivity contribution is -0.153. The van der Waals surface area contributed by atoms with Crippen molar-refractivity contribution in [2.75, 3.05) is 19.6 Å². The Kier molecular flexibility index (Phi) is 12.4.